The molecular weight excluding hydrogens is 708 g/mol. The van der Waals surface area contributed by atoms with E-state index in [2.05, 4.69) is 41.3 Å². The monoisotopic (exact) mass is 716 g/mol. The van der Waals surface area contributed by atoms with Gasteiger partial charge in [-0.15, -0.1) is 0 Å². The Hall–Kier alpha value is 2.77. The summed E-state index contributed by atoms with van der Waals surface area (Å²) in [4.78, 5) is 0. The van der Waals surface area contributed by atoms with Gasteiger partial charge in [0.1, 0.15) is 0 Å². The third-order valence-corrected chi connectivity index (χ3v) is 0. The molecule has 3 N–H and O–H groups in total. The van der Waals surface area contributed by atoms with Crippen LogP contribution in [0.15, 0.2) is 0 Å². The van der Waals surface area contributed by atoms with E-state index in [-0.39, 0.29) is 42.9 Å². The first kappa shape index (κ1) is 16.4. The first-order valence-corrected chi connectivity index (χ1v) is 22.9. The van der Waals surface area contributed by atoms with Crippen LogP contribution in [0.2, 0.25) is 0 Å². The topological polar surface area (TPSA) is 49.9 Å². The molecule has 0 amide bonds. The zero-order valence-corrected chi connectivity index (χ0v) is 17.3. The average Bonchev–Trinajstić information content (AvgIpc) is 1.39. The van der Waals surface area contributed by atoms with Gasteiger partial charge in [-0.1, -0.05) is 0 Å². The first-order valence-electron chi connectivity index (χ1n) is 1.000. The van der Waals surface area contributed by atoms with Crippen LogP contribution in [0, 0.1) is 5.41 Å². The maximum absolute atomic E-state index is 5.86. The summed E-state index contributed by atoms with van der Waals surface area (Å²) in [6, 6.07) is 0. The molecule has 0 rings (SSSR count). The second-order valence-corrected chi connectivity index (χ2v) is 28.4. The second-order valence-electron chi connectivity index (χ2n) is 0.238. The second kappa shape index (κ2) is 23.3. The van der Waals surface area contributed by atoms with Crippen molar-refractivity contribution in [2.45, 2.75) is 0 Å². The number of rotatable bonds is 0. The summed E-state index contributed by atoms with van der Waals surface area (Å²) in [6.07, 6.45) is 0.750. The van der Waals surface area contributed by atoms with Gasteiger partial charge in [0.05, 0.1) is 6.34 Å². The molecule has 0 heterocycles. The van der Waals surface area contributed by atoms with Gasteiger partial charge in [-0.25, -0.2) is 0 Å². The predicted molar refractivity (Wildman–Crippen MR) is 55.3 cm³/mol. The van der Waals surface area contributed by atoms with E-state index in [1.807, 2.05) is 0 Å². The van der Waals surface area contributed by atoms with Crippen LogP contribution in [-0.2, 0) is 0 Å². The Kier molecular flexibility index (Phi) is 54.5. The number of nitrogens with two attached hydrogens (primary N) is 1. The molecule has 0 aliphatic rings. The molecule has 0 unspecified atom stereocenters. The zero-order chi connectivity index (χ0) is 5.41. The van der Waals surface area contributed by atoms with Gasteiger partial charge in [-0.3, -0.25) is 5.41 Å². The van der Waals surface area contributed by atoms with E-state index >= 15 is 0 Å². The summed E-state index contributed by atoms with van der Waals surface area (Å²) in [7, 11) is 0. The molecule has 0 aliphatic carbocycles. The minimum atomic E-state index is 0. The van der Waals surface area contributed by atoms with E-state index < -0.39 is 0 Å². The molecule has 4 radical (unpaired) electrons. The molecule has 6 heteroatoms. The van der Waals surface area contributed by atoms with E-state index in [4.69, 9.17) is 5.41 Å². The predicted octanol–water partition coefficient (Wildman–Crippen LogP) is 0.0266. The van der Waals surface area contributed by atoms with Crippen molar-refractivity contribution in [3.05, 3.63) is 0 Å². The molecular formula is CH6I2N2Pb2. The van der Waals surface area contributed by atoms with Crippen molar-refractivity contribution in [2.24, 2.45) is 5.73 Å². The van der Waals surface area contributed by atoms with Gasteiger partial charge < -0.3 is 5.73 Å². The Morgan fingerprint density at radius 1 is 1.57 bits per heavy atom. The molecule has 2 nitrogen and oxygen atoms in total. The molecule has 0 aromatic rings. The zero-order valence-electron chi connectivity index (χ0n) is 3.62. The fourth-order valence-electron chi connectivity index (χ4n) is 0. The van der Waals surface area contributed by atoms with Crippen molar-refractivity contribution in [1.82, 2.24) is 0 Å². The SMILES string of the molecule is N=CN.[I][Pb][I].[PbH2]. The van der Waals surface area contributed by atoms with E-state index in [9.17, 15) is 0 Å². The summed E-state index contributed by atoms with van der Waals surface area (Å²) in [5.41, 5.74) is 4.39. The summed E-state index contributed by atoms with van der Waals surface area (Å²) in [6.45, 7) is 0. The van der Waals surface area contributed by atoms with E-state index in [0.717, 1.165) is 6.34 Å². The molecule has 0 saturated carbocycles. The van der Waals surface area contributed by atoms with Gasteiger partial charge in [-0.2, -0.15) is 0 Å². The van der Waals surface area contributed by atoms with Gasteiger partial charge in [-0.05, 0) is 0 Å². The molecule has 0 aliphatic heterocycles. The van der Waals surface area contributed by atoms with Crippen molar-refractivity contribution in [3.63, 3.8) is 0 Å². The fourth-order valence-corrected chi connectivity index (χ4v) is 0. The molecule has 0 fully saturated rings. The van der Waals surface area contributed by atoms with Gasteiger partial charge >= 0.3 is 78.5 Å². The van der Waals surface area contributed by atoms with Crippen LogP contribution in [-0.4, -0.2) is 49.3 Å². The van der Waals surface area contributed by atoms with Crippen molar-refractivity contribution in [2.75, 3.05) is 0 Å². The molecule has 0 aromatic heterocycles. The quantitative estimate of drug-likeness (QED) is 0.159. The molecule has 7 heavy (non-hydrogen) atoms. The summed E-state index contributed by atoms with van der Waals surface area (Å²) in [5, 5.41) is 5.86. The number of hydrogen-bond acceptors (Lipinski definition) is 1. The standard InChI is InChI=1S/CH4N2.2HI.2Pb.2H/c2-1-3;;;;;;/h1H,(H3,2,3);2*1H;;;;/q;;;;+2;;/p-2. The minimum absolute atomic E-state index is 0. The van der Waals surface area contributed by atoms with Crippen molar-refractivity contribution < 1.29 is 0 Å². The Morgan fingerprint density at radius 2 is 1.57 bits per heavy atom. The van der Waals surface area contributed by atoms with Gasteiger partial charge in [0.15, 0.2) is 0 Å². The molecule has 42 valence electrons. The first-order chi connectivity index (χ1) is 2.83. The average molecular weight is 714 g/mol. The third kappa shape index (κ3) is 52.3. The number of halogens is 2. The summed E-state index contributed by atoms with van der Waals surface area (Å²) >= 11 is 4.96. The van der Waals surface area contributed by atoms with Crippen LogP contribution in [0.5, 0.6) is 0 Å². The van der Waals surface area contributed by atoms with Crippen LogP contribution >= 0.6 is 35.5 Å². The van der Waals surface area contributed by atoms with Crippen LogP contribution in [0.25, 0.3) is 0 Å². The number of nitrogens with one attached hydrogen (secondary N) is 1. The van der Waals surface area contributed by atoms with Crippen LogP contribution < -0.4 is 5.73 Å². The van der Waals surface area contributed by atoms with Crippen LogP contribution in [0.4, 0.5) is 0 Å². The molecule has 0 aromatic carbocycles. The van der Waals surface area contributed by atoms with Gasteiger partial charge in [0.2, 0.25) is 0 Å². The number of hydrogen-bond donors (Lipinski definition) is 2. The molecule has 0 bridgehead atoms. The summed E-state index contributed by atoms with van der Waals surface area (Å²) < 4.78 is 0. The maximum atomic E-state index is 5.86. The Labute approximate surface area is 93.5 Å². The molecule has 0 spiro atoms. The Morgan fingerprint density at radius 3 is 1.57 bits per heavy atom. The van der Waals surface area contributed by atoms with E-state index in [1.54, 1.807) is 0 Å². The van der Waals surface area contributed by atoms with Crippen molar-refractivity contribution in [3.8, 4) is 0 Å². The fraction of sp³-hybridized carbons (Fsp3) is 0. The summed E-state index contributed by atoms with van der Waals surface area (Å²) in [5.74, 6) is 0. The Bertz CT molecular complexity index is 27.7. The molecule has 0 saturated heterocycles. The van der Waals surface area contributed by atoms with Crippen molar-refractivity contribution in [1.29, 1.82) is 5.41 Å². The van der Waals surface area contributed by atoms with Gasteiger partial charge in [0, 0.05) is 0 Å². The van der Waals surface area contributed by atoms with Crippen molar-refractivity contribution >= 4 is 84.8 Å². The van der Waals surface area contributed by atoms with Crippen LogP contribution in [0.1, 0.15) is 0 Å². The molecule has 0 atom stereocenters. The van der Waals surface area contributed by atoms with Crippen LogP contribution in [0.3, 0.4) is 0 Å². The normalized spacial score (nSPS) is 4.29. The van der Waals surface area contributed by atoms with Gasteiger partial charge in [0.25, 0.3) is 0 Å². The third-order valence-electron chi connectivity index (χ3n) is 0. The van der Waals surface area contributed by atoms with E-state index in [0.29, 0.717) is 0 Å². The Balaban J connectivity index is -0.0000000400. The van der Waals surface area contributed by atoms with E-state index in [1.165, 1.54) is 0 Å².